The van der Waals surface area contributed by atoms with Crippen molar-refractivity contribution in [1.29, 1.82) is 0 Å². The van der Waals surface area contributed by atoms with E-state index in [9.17, 15) is 14.4 Å². The first-order valence-electron chi connectivity index (χ1n) is 5.38. The lowest BCUT2D eigenvalue weighted by molar-refractivity contribution is -0.111. The second-order valence-electron chi connectivity index (χ2n) is 3.49. The van der Waals surface area contributed by atoms with E-state index in [0.29, 0.717) is 0 Å². The zero-order valence-corrected chi connectivity index (χ0v) is 13.2. The quantitative estimate of drug-likeness (QED) is 0.645. The zero-order valence-electron chi connectivity index (χ0n) is 10.8. The average Bonchev–Trinajstić information content (AvgIpc) is 2.50. The van der Waals surface area contributed by atoms with Crippen LogP contribution in [0.1, 0.15) is 0 Å². The molecule has 0 saturated carbocycles. The van der Waals surface area contributed by atoms with Crippen LogP contribution in [0.25, 0.3) is 0 Å². The summed E-state index contributed by atoms with van der Waals surface area (Å²) in [5.41, 5.74) is 0. The predicted molar refractivity (Wildman–Crippen MR) is 86.1 cm³/mol. The molecule has 0 radical (unpaired) electrons. The molecule has 1 heterocycles. The lowest BCUT2D eigenvalue weighted by atomic mass is 10.7. The molecular weight excluding hydrogens is 330 g/mol. The van der Waals surface area contributed by atoms with Crippen molar-refractivity contribution >= 4 is 49.8 Å². The summed E-state index contributed by atoms with van der Waals surface area (Å²) >= 11 is 10.0. The normalized spacial score (nSPS) is 11.2. The van der Waals surface area contributed by atoms with Crippen LogP contribution >= 0.6 is 34.5 Å². The van der Waals surface area contributed by atoms with Gasteiger partial charge in [0.2, 0.25) is 15.3 Å². The van der Waals surface area contributed by atoms with Crippen molar-refractivity contribution in [3.05, 3.63) is 47.1 Å². The lowest BCUT2D eigenvalue weighted by Crippen LogP contribution is -2.27. The van der Waals surface area contributed by atoms with E-state index in [4.69, 9.17) is 24.4 Å². The molecule has 0 amide bonds. The molecule has 110 valence electrons. The van der Waals surface area contributed by atoms with Gasteiger partial charge in [0.25, 0.3) is 0 Å². The van der Waals surface area contributed by atoms with E-state index in [0.717, 1.165) is 18.2 Å². The Morgan fingerprint density at radius 3 is 1.81 bits per heavy atom. The number of aromatic nitrogens is 3. The van der Waals surface area contributed by atoms with Crippen LogP contribution in [0.5, 0.6) is 0 Å². The Bertz CT molecular complexity index is 725. The summed E-state index contributed by atoms with van der Waals surface area (Å²) < 4.78 is -0.00295. The highest BCUT2D eigenvalue weighted by Crippen LogP contribution is 2.58. The number of hydrogen-bond donors (Lipinski definition) is 2. The van der Waals surface area contributed by atoms with Gasteiger partial charge in [0.1, 0.15) is 14.2 Å². The monoisotopic (exact) mass is 341 g/mol. The van der Waals surface area contributed by atoms with Gasteiger partial charge in [0, 0.05) is 0 Å². The molecule has 0 spiro atoms. The van der Waals surface area contributed by atoms with Crippen molar-refractivity contribution in [2.45, 2.75) is 5.03 Å². The zero-order chi connectivity index (χ0) is 16.2. The number of rotatable bonds is 4. The van der Waals surface area contributed by atoms with Gasteiger partial charge in [-0.3, -0.25) is 19.5 Å². The van der Waals surface area contributed by atoms with Crippen LogP contribution in [-0.4, -0.2) is 30.8 Å². The molecule has 1 aromatic heterocycles. The van der Waals surface area contributed by atoms with Crippen molar-refractivity contribution in [3.8, 4) is 0 Å². The van der Waals surface area contributed by atoms with Crippen LogP contribution in [0.4, 0.5) is 0 Å². The van der Waals surface area contributed by atoms with E-state index in [2.05, 4.69) is 35.1 Å². The Kier molecular flexibility index (Phi) is 5.41. The number of nitrogens with zero attached hydrogens (tertiary/aromatic N) is 1. The van der Waals surface area contributed by atoms with Gasteiger partial charge >= 0.3 is 0 Å². The smallest absolute Gasteiger partial charge is 0.213 e. The maximum atomic E-state index is 12.3. The lowest BCUT2D eigenvalue weighted by Gasteiger charge is -2.29. The van der Waals surface area contributed by atoms with Crippen molar-refractivity contribution in [2.75, 3.05) is 0 Å². The third kappa shape index (κ3) is 2.62. The standard InChI is InChI=1S/C12H11N3O3S3/c1-4-7(16)21(8(17)5-2,9(18)6-3)12-10(19)11(20)13-15-14-12/h4-6H,1-3H2,(H,15,19)(H,13,14,20). The molecule has 1 rings (SSSR count). The molecule has 6 nitrogen and oxygen atoms in total. The SMILES string of the molecule is C=CC(=O)S(C(=O)C=C)(C(=O)C=C)c1n[nH][nH]c(=S)c1=S. The average molecular weight is 341 g/mol. The number of aromatic amines is 2. The molecule has 0 bridgehead atoms. The van der Waals surface area contributed by atoms with E-state index < -0.39 is 25.4 Å². The molecule has 0 aliphatic rings. The molecule has 0 unspecified atom stereocenters. The van der Waals surface area contributed by atoms with E-state index in [-0.39, 0.29) is 14.2 Å². The number of nitrogens with one attached hydrogen (secondary N) is 2. The maximum absolute atomic E-state index is 12.3. The summed E-state index contributed by atoms with van der Waals surface area (Å²) in [7, 11) is -3.42. The first-order chi connectivity index (χ1) is 9.87. The fourth-order valence-electron chi connectivity index (χ4n) is 1.50. The van der Waals surface area contributed by atoms with E-state index >= 15 is 0 Å². The first-order valence-corrected chi connectivity index (χ1v) is 7.82. The van der Waals surface area contributed by atoms with Gasteiger partial charge in [-0.2, -0.15) is 5.10 Å². The number of hydrogen-bond acceptors (Lipinski definition) is 6. The van der Waals surface area contributed by atoms with Crippen LogP contribution in [0.2, 0.25) is 0 Å². The molecule has 0 aliphatic heterocycles. The minimum atomic E-state index is -3.42. The minimum absolute atomic E-state index is 0.0532. The van der Waals surface area contributed by atoms with Crippen molar-refractivity contribution in [1.82, 2.24) is 15.4 Å². The molecule has 0 atom stereocenters. The van der Waals surface area contributed by atoms with Crippen LogP contribution in [-0.2, 0) is 14.4 Å². The summed E-state index contributed by atoms with van der Waals surface area (Å²) in [6.45, 7) is 9.99. The Morgan fingerprint density at radius 2 is 1.43 bits per heavy atom. The van der Waals surface area contributed by atoms with Crippen molar-refractivity contribution in [2.24, 2.45) is 0 Å². The van der Waals surface area contributed by atoms with Gasteiger partial charge in [-0.25, -0.2) is 5.21 Å². The second-order valence-corrected chi connectivity index (χ2v) is 7.13. The van der Waals surface area contributed by atoms with Crippen LogP contribution in [0, 0.1) is 9.15 Å². The van der Waals surface area contributed by atoms with E-state index in [1.807, 2.05) is 0 Å². The molecule has 0 saturated heterocycles. The highest BCUT2D eigenvalue weighted by atomic mass is 32.3. The Balaban J connectivity index is 4.02. The molecule has 1 aromatic rings. The maximum Gasteiger partial charge on any atom is 0.213 e. The predicted octanol–water partition coefficient (Wildman–Crippen LogP) is 2.50. The summed E-state index contributed by atoms with van der Waals surface area (Å²) in [6, 6.07) is 0. The largest absolute Gasteiger partial charge is 0.283 e. The number of carbonyl (C=O) groups is 3. The Hall–Kier alpha value is -1.97. The van der Waals surface area contributed by atoms with Gasteiger partial charge in [0.15, 0.2) is 0 Å². The molecule has 21 heavy (non-hydrogen) atoms. The van der Waals surface area contributed by atoms with Gasteiger partial charge < -0.3 is 0 Å². The van der Waals surface area contributed by atoms with Crippen LogP contribution in [0.15, 0.2) is 43.0 Å². The van der Waals surface area contributed by atoms with Crippen LogP contribution in [0.3, 0.4) is 0 Å². The van der Waals surface area contributed by atoms with Crippen LogP contribution < -0.4 is 0 Å². The first kappa shape index (κ1) is 17.1. The summed E-state index contributed by atoms with van der Waals surface area (Å²) in [4.78, 5) is 37.0. The molecule has 9 heteroatoms. The van der Waals surface area contributed by atoms with Gasteiger partial charge in [-0.05, 0) is 28.3 Å². The van der Waals surface area contributed by atoms with E-state index in [1.165, 1.54) is 0 Å². The van der Waals surface area contributed by atoms with Gasteiger partial charge in [-0.15, -0.1) is 0 Å². The fraction of sp³-hybridized carbons (Fsp3) is 0. The molecule has 0 aliphatic carbocycles. The molecule has 0 fully saturated rings. The highest BCUT2D eigenvalue weighted by Gasteiger charge is 2.46. The number of H-pyrrole nitrogens is 2. The molecule has 0 aromatic carbocycles. The third-order valence-corrected chi connectivity index (χ3v) is 6.57. The minimum Gasteiger partial charge on any atom is -0.283 e. The number of carbonyl (C=O) groups excluding carboxylic acids is 3. The summed E-state index contributed by atoms with van der Waals surface area (Å²) in [5.74, 6) is 0. The van der Waals surface area contributed by atoms with E-state index in [1.54, 1.807) is 0 Å². The van der Waals surface area contributed by atoms with Crippen molar-refractivity contribution in [3.63, 3.8) is 0 Å². The summed E-state index contributed by atoms with van der Waals surface area (Å²) in [5, 5.41) is 5.99. The Labute approximate surface area is 132 Å². The van der Waals surface area contributed by atoms with Crippen molar-refractivity contribution < 1.29 is 14.4 Å². The molecule has 2 N–H and O–H groups in total. The second kappa shape index (κ2) is 6.66. The van der Waals surface area contributed by atoms with Gasteiger partial charge in [0.05, 0.1) is 0 Å². The highest BCUT2D eigenvalue weighted by molar-refractivity contribution is 8.65. The summed E-state index contributed by atoms with van der Waals surface area (Å²) in [6.07, 6.45) is 2.65. The topological polar surface area (TPSA) is 95.7 Å². The molecular formula is C12H11N3O3S3. The van der Waals surface area contributed by atoms with Gasteiger partial charge in [-0.1, -0.05) is 44.2 Å². The third-order valence-electron chi connectivity index (χ3n) is 2.42. The fourth-order valence-corrected chi connectivity index (χ4v) is 4.66. The Morgan fingerprint density at radius 1 is 1.00 bits per heavy atom.